The minimum absolute atomic E-state index is 0.404. The van der Waals surface area contributed by atoms with Gasteiger partial charge in [-0.2, -0.15) is 4.98 Å². The summed E-state index contributed by atoms with van der Waals surface area (Å²) < 4.78 is 16.0. The Bertz CT molecular complexity index is 621. The number of benzene rings is 1. The normalized spacial score (nSPS) is 10.2. The van der Waals surface area contributed by atoms with E-state index >= 15 is 0 Å². The monoisotopic (exact) mass is 292 g/mol. The topological polar surface area (TPSA) is 108 Å². The summed E-state index contributed by atoms with van der Waals surface area (Å²) in [5.74, 6) is 2.69. The number of rotatable bonds is 5. The maximum atomic E-state index is 5.92. The molecule has 0 saturated carbocycles. The van der Waals surface area contributed by atoms with Crippen LogP contribution < -0.4 is 35.6 Å². The molecule has 0 saturated heterocycles. The highest BCUT2D eigenvalue weighted by Crippen LogP contribution is 2.38. The zero-order chi connectivity index (χ0) is 15.4. The summed E-state index contributed by atoms with van der Waals surface area (Å²) in [6.45, 7) is 0. The molecule has 1 aromatic carbocycles. The lowest BCUT2D eigenvalue weighted by Crippen LogP contribution is -2.28. The fourth-order valence-electron chi connectivity index (χ4n) is 2.11. The Kier molecular flexibility index (Phi) is 4.32. The lowest BCUT2D eigenvalue weighted by Gasteiger charge is -2.14. The molecule has 0 aliphatic heterocycles. The summed E-state index contributed by atoms with van der Waals surface area (Å²) in [6.07, 6.45) is 2.36. The van der Waals surface area contributed by atoms with Gasteiger partial charge in [0.2, 0.25) is 11.6 Å². The molecule has 21 heavy (non-hydrogen) atoms. The van der Waals surface area contributed by atoms with Gasteiger partial charge < -0.3 is 19.9 Å². The molecule has 0 aliphatic carbocycles. The van der Waals surface area contributed by atoms with E-state index < -0.39 is 0 Å². The van der Waals surface area contributed by atoms with Crippen LogP contribution in [0.25, 0.3) is 0 Å². The average molecular weight is 292 g/mol. The molecule has 112 valence electrons. The zero-order valence-corrected chi connectivity index (χ0v) is 12.3. The first-order chi connectivity index (χ1) is 10.1. The van der Waals surface area contributed by atoms with Crippen molar-refractivity contribution in [2.75, 3.05) is 32.8 Å². The maximum Gasteiger partial charge on any atom is 0.521 e. The molecule has 7 heteroatoms. The summed E-state index contributed by atoms with van der Waals surface area (Å²) in [4.78, 5) is 5.75. The molecule has 2 rings (SSSR count). The molecule has 0 fully saturated rings. The quantitative estimate of drug-likeness (QED) is 0.812. The van der Waals surface area contributed by atoms with Crippen LogP contribution in [-0.2, 0) is 6.42 Å². The van der Waals surface area contributed by atoms with E-state index in [1.165, 1.54) is 0 Å². The van der Waals surface area contributed by atoms with E-state index in [1.54, 1.807) is 27.5 Å². The number of H-pyrrole nitrogens is 2. The molecule has 7 nitrogen and oxygen atoms in total. The Hall–Kier alpha value is -2.70. The van der Waals surface area contributed by atoms with Gasteiger partial charge in [-0.1, -0.05) is 0 Å². The molecule has 0 amide bonds. The summed E-state index contributed by atoms with van der Waals surface area (Å²) in [5, 5.41) is 0. The van der Waals surface area contributed by atoms with Crippen molar-refractivity contribution >= 4 is 11.8 Å². The van der Waals surface area contributed by atoms with Gasteiger partial charge in [0, 0.05) is 6.42 Å². The van der Waals surface area contributed by atoms with Gasteiger partial charge in [0.15, 0.2) is 11.5 Å². The van der Waals surface area contributed by atoms with Gasteiger partial charge in [-0.15, -0.1) is 4.98 Å². The number of nitrogens with one attached hydrogen (secondary N) is 2. The lowest BCUT2D eigenvalue weighted by atomic mass is 10.1. The van der Waals surface area contributed by atoms with Crippen molar-refractivity contribution in [2.45, 2.75) is 6.42 Å². The molecule has 0 radical (unpaired) electrons. The van der Waals surface area contributed by atoms with Gasteiger partial charge >= 0.3 is 5.95 Å². The van der Waals surface area contributed by atoms with E-state index in [0.29, 0.717) is 35.4 Å². The van der Waals surface area contributed by atoms with Gasteiger partial charge in [-0.25, -0.2) is 5.73 Å². The van der Waals surface area contributed by atoms with E-state index in [-0.39, 0.29) is 0 Å². The highest BCUT2D eigenvalue weighted by atomic mass is 16.5. The second-order valence-electron chi connectivity index (χ2n) is 4.48. The van der Waals surface area contributed by atoms with Crippen molar-refractivity contribution < 1.29 is 24.2 Å². The van der Waals surface area contributed by atoms with E-state index in [9.17, 15) is 0 Å². The molecule has 0 bridgehead atoms. The summed E-state index contributed by atoms with van der Waals surface area (Å²) in [6, 6.07) is 3.77. The van der Waals surface area contributed by atoms with Crippen molar-refractivity contribution in [3.8, 4) is 17.2 Å². The van der Waals surface area contributed by atoms with Crippen molar-refractivity contribution in [3.05, 3.63) is 29.5 Å². The number of nitrogen functional groups attached to an aromatic ring is 2. The first-order valence-electron chi connectivity index (χ1n) is 6.35. The molecular formula is C14H20N4O3+2. The predicted octanol–water partition coefficient (Wildman–Crippen LogP) is 0.0958. The number of ether oxygens (including phenoxy) is 3. The zero-order valence-electron chi connectivity index (χ0n) is 12.3. The number of aromatic amines is 2. The second-order valence-corrected chi connectivity index (χ2v) is 4.48. The first kappa shape index (κ1) is 14.7. The van der Waals surface area contributed by atoms with Gasteiger partial charge in [0.05, 0.1) is 26.9 Å². The molecule has 0 atom stereocenters. The second kappa shape index (κ2) is 6.17. The van der Waals surface area contributed by atoms with E-state index in [2.05, 4.69) is 9.97 Å². The SMILES string of the molecule is COc1cc(Cc2c[nH+]c(N)[nH+]c2N)cc(OC)c1OC. The highest BCUT2D eigenvalue weighted by molar-refractivity contribution is 5.55. The molecular weight excluding hydrogens is 272 g/mol. The van der Waals surface area contributed by atoms with Gasteiger partial charge in [-0.05, 0) is 17.7 Å². The Balaban J connectivity index is 2.40. The number of nitrogens with two attached hydrogens (primary N) is 2. The number of methoxy groups -OCH3 is 3. The number of anilines is 2. The number of hydrogen-bond acceptors (Lipinski definition) is 5. The average Bonchev–Trinajstić information content (AvgIpc) is 2.49. The van der Waals surface area contributed by atoms with Crippen molar-refractivity contribution in [3.63, 3.8) is 0 Å². The lowest BCUT2D eigenvalue weighted by molar-refractivity contribution is -0.494. The van der Waals surface area contributed by atoms with Crippen LogP contribution in [-0.4, -0.2) is 21.3 Å². The Morgan fingerprint density at radius 2 is 1.62 bits per heavy atom. The predicted molar refractivity (Wildman–Crippen MR) is 77.3 cm³/mol. The third kappa shape index (κ3) is 3.07. The van der Waals surface area contributed by atoms with Crippen LogP contribution in [0.4, 0.5) is 11.8 Å². The third-order valence-electron chi connectivity index (χ3n) is 3.14. The van der Waals surface area contributed by atoms with Crippen molar-refractivity contribution in [1.82, 2.24) is 0 Å². The maximum absolute atomic E-state index is 5.92. The fraction of sp³-hybridized carbons (Fsp3) is 0.286. The molecule has 1 heterocycles. The summed E-state index contributed by atoms with van der Waals surface area (Å²) in [5.41, 5.74) is 13.4. The standard InChI is InChI=1S/C14H18N4O3/c1-19-10-5-8(6-11(20-2)12(10)21-3)4-9-7-17-14(16)18-13(9)15/h5-7H,4H2,1-3H3,(H4,15,16,17,18)/p+2. The Labute approximate surface area is 122 Å². The number of hydrogen-bond donors (Lipinski definition) is 2. The van der Waals surface area contributed by atoms with Crippen LogP contribution >= 0.6 is 0 Å². The van der Waals surface area contributed by atoms with Crippen LogP contribution in [0.15, 0.2) is 18.3 Å². The van der Waals surface area contributed by atoms with E-state index in [0.717, 1.165) is 11.1 Å². The van der Waals surface area contributed by atoms with Crippen LogP contribution in [0.3, 0.4) is 0 Å². The fourth-order valence-corrected chi connectivity index (χ4v) is 2.11. The summed E-state index contributed by atoms with van der Waals surface area (Å²) in [7, 11) is 4.74. The smallest absolute Gasteiger partial charge is 0.493 e. The molecule has 2 aromatic rings. The van der Waals surface area contributed by atoms with Gasteiger partial charge in [0.25, 0.3) is 0 Å². The highest BCUT2D eigenvalue weighted by Gasteiger charge is 2.16. The van der Waals surface area contributed by atoms with Crippen LogP contribution in [0.1, 0.15) is 11.1 Å². The Morgan fingerprint density at radius 1 is 1.00 bits per heavy atom. The van der Waals surface area contributed by atoms with Gasteiger partial charge in [0.1, 0.15) is 6.20 Å². The third-order valence-corrected chi connectivity index (χ3v) is 3.14. The van der Waals surface area contributed by atoms with Crippen LogP contribution in [0.2, 0.25) is 0 Å². The number of aromatic nitrogens is 2. The molecule has 0 aliphatic rings. The van der Waals surface area contributed by atoms with Crippen molar-refractivity contribution in [2.24, 2.45) is 0 Å². The summed E-state index contributed by atoms with van der Waals surface area (Å²) >= 11 is 0. The Morgan fingerprint density at radius 3 is 2.10 bits per heavy atom. The van der Waals surface area contributed by atoms with Crippen LogP contribution in [0, 0.1) is 0 Å². The molecule has 6 N–H and O–H groups in total. The molecule has 1 aromatic heterocycles. The van der Waals surface area contributed by atoms with E-state index in [4.69, 9.17) is 25.7 Å². The van der Waals surface area contributed by atoms with Crippen LogP contribution in [0.5, 0.6) is 17.2 Å². The first-order valence-corrected chi connectivity index (χ1v) is 6.35. The van der Waals surface area contributed by atoms with Gasteiger partial charge in [-0.3, -0.25) is 0 Å². The van der Waals surface area contributed by atoms with Crippen molar-refractivity contribution in [1.29, 1.82) is 0 Å². The molecule has 0 spiro atoms. The minimum atomic E-state index is 0.404. The molecule has 0 unspecified atom stereocenters. The largest absolute Gasteiger partial charge is 0.521 e. The minimum Gasteiger partial charge on any atom is -0.493 e. The van der Waals surface area contributed by atoms with E-state index in [1.807, 2.05) is 12.1 Å².